The van der Waals surface area contributed by atoms with E-state index in [0.717, 1.165) is 42.7 Å². The Kier molecular flexibility index (Phi) is 6.08. The summed E-state index contributed by atoms with van der Waals surface area (Å²) in [5.41, 5.74) is 0.752. The molecule has 5 heteroatoms. The fraction of sp³-hybridized carbons (Fsp3) is 0.611. The van der Waals surface area contributed by atoms with Crippen molar-refractivity contribution in [3.8, 4) is 0 Å². The van der Waals surface area contributed by atoms with Gasteiger partial charge in [-0.2, -0.15) is 0 Å². The van der Waals surface area contributed by atoms with Crippen molar-refractivity contribution in [3.05, 3.63) is 34.3 Å². The molecule has 2 aliphatic heterocycles. The minimum Gasteiger partial charge on any atom is -0.375 e. The van der Waals surface area contributed by atoms with Gasteiger partial charge in [-0.15, -0.1) is 0 Å². The normalized spacial score (nSPS) is 22.5. The lowest BCUT2D eigenvalue weighted by atomic mass is 10.1. The van der Waals surface area contributed by atoms with Gasteiger partial charge >= 0.3 is 0 Å². The van der Waals surface area contributed by atoms with Gasteiger partial charge in [-0.05, 0) is 56.6 Å². The fourth-order valence-electron chi connectivity index (χ4n) is 3.36. The molecule has 2 fully saturated rings. The van der Waals surface area contributed by atoms with Crippen LogP contribution in [0.25, 0.3) is 0 Å². The molecule has 1 aromatic rings. The topological polar surface area (TPSA) is 32.8 Å². The lowest BCUT2D eigenvalue weighted by molar-refractivity contribution is 0.0379. The Morgan fingerprint density at radius 2 is 1.87 bits per heavy atom. The number of nitrogens with zero attached hydrogens (tertiary/aromatic N) is 2. The average Bonchev–Trinajstić information content (AvgIpc) is 3.05. The van der Waals surface area contributed by atoms with Gasteiger partial charge in [-0.25, -0.2) is 0 Å². The second-order valence-corrected chi connectivity index (χ2v) is 7.36. The molecule has 2 aliphatic rings. The predicted octanol–water partition coefficient (Wildman–Crippen LogP) is 3.17. The first kappa shape index (κ1) is 16.9. The van der Waals surface area contributed by atoms with Crippen LogP contribution in [0.15, 0.2) is 28.7 Å². The lowest BCUT2D eigenvalue weighted by Gasteiger charge is -2.26. The summed E-state index contributed by atoms with van der Waals surface area (Å²) in [6.07, 6.45) is 5.15. The summed E-state index contributed by atoms with van der Waals surface area (Å²) >= 11 is 3.40. The summed E-state index contributed by atoms with van der Waals surface area (Å²) in [6, 6.07) is 7.57. The molecule has 0 bridgehead atoms. The minimum absolute atomic E-state index is 0.111. The zero-order valence-corrected chi connectivity index (χ0v) is 15.1. The summed E-state index contributed by atoms with van der Waals surface area (Å²) in [5, 5.41) is 0. The summed E-state index contributed by atoms with van der Waals surface area (Å²) in [6.45, 7) is 5.74. The van der Waals surface area contributed by atoms with E-state index in [9.17, 15) is 4.79 Å². The van der Waals surface area contributed by atoms with E-state index in [1.54, 1.807) is 0 Å². The van der Waals surface area contributed by atoms with Gasteiger partial charge in [0.15, 0.2) is 0 Å². The molecule has 4 nitrogen and oxygen atoms in total. The van der Waals surface area contributed by atoms with Gasteiger partial charge < -0.3 is 14.5 Å². The van der Waals surface area contributed by atoms with Crippen LogP contribution in [-0.2, 0) is 4.74 Å². The fourth-order valence-corrected chi connectivity index (χ4v) is 3.62. The molecule has 2 saturated heterocycles. The van der Waals surface area contributed by atoms with Gasteiger partial charge in [0, 0.05) is 29.7 Å². The molecule has 1 amide bonds. The first-order valence-corrected chi connectivity index (χ1v) is 9.40. The molecule has 0 saturated carbocycles. The highest BCUT2D eigenvalue weighted by atomic mass is 79.9. The van der Waals surface area contributed by atoms with Gasteiger partial charge in [-0.1, -0.05) is 22.4 Å². The second-order valence-electron chi connectivity index (χ2n) is 6.44. The highest BCUT2D eigenvalue weighted by Crippen LogP contribution is 2.18. The monoisotopic (exact) mass is 380 g/mol. The maximum Gasteiger partial charge on any atom is 0.253 e. The average molecular weight is 381 g/mol. The van der Waals surface area contributed by atoms with Crippen LogP contribution in [-0.4, -0.2) is 61.1 Å². The molecule has 23 heavy (non-hydrogen) atoms. The molecule has 2 heterocycles. The minimum atomic E-state index is 0.111. The smallest absolute Gasteiger partial charge is 0.253 e. The molecule has 1 aromatic carbocycles. The lowest BCUT2D eigenvalue weighted by Crippen LogP contribution is -2.34. The number of carbonyl (C=O) groups is 1. The molecular weight excluding hydrogens is 356 g/mol. The number of likely N-dealkylation sites (tertiary alicyclic amines) is 2. The molecule has 0 spiro atoms. The van der Waals surface area contributed by atoms with Gasteiger partial charge in [0.25, 0.3) is 5.91 Å². The number of hydrogen-bond acceptors (Lipinski definition) is 3. The van der Waals surface area contributed by atoms with E-state index >= 15 is 0 Å². The molecule has 0 radical (unpaired) electrons. The van der Waals surface area contributed by atoms with Gasteiger partial charge in [0.2, 0.25) is 0 Å². The number of hydrogen-bond donors (Lipinski definition) is 0. The molecule has 126 valence electrons. The van der Waals surface area contributed by atoms with E-state index < -0.39 is 0 Å². The zero-order chi connectivity index (χ0) is 16.1. The van der Waals surface area contributed by atoms with Crippen molar-refractivity contribution in [2.45, 2.75) is 31.8 Å². The van der Waals surface area contributed by atoms with Crippen molar-refractivity contribution < 1.29 is 9.53 Å². The molecule has 0 aliphatic carbocycles. The van der Waals surface area contributed by atoms with Crippen molar-refractivity contribution in [2.24, 2.45) is 0 Å². The highest BCUT2D eigenvalue weighted by Gasteiger charge is 2.27. The van der Waals surface area contributed by atoms with Gasteiger partial charge in [0.1, 0.15) is 0 Å². The molecule has 0 aromatic heterocycles. The molecule has 0 unspecified atom stereocenters. The third kappa shape index (κ3) is 4.78. The number of rotatable bonds is 5. The van der Waals surface area contributed by atoms with E-state index in [4.69, 9.17) is 4.74 Å². The third-order valence-electron chi connectivity index (χ3n) is 4.73. The number of piperidine rings is 1. The van der Waals surface area contributed by atoms with Crippen LogP contribution in [0.4, 0.5) is 0 Å². The molecule has 3 rings (SSSR count). The largest absolute Gasteiger partial charge is 0.375 e. The predicted molar refractivity (Wildman–Crippen MR) is 94.7 cm³/mol. The summed E-state index contributed by atoms with van der Waals surface area (Å²) < 4.78 is 6.99. The van der Waals surface area contributed by atoms with E-state index in [1.165, 1.54) is 32.4 Å². The summed E-state index contributed by atoms with van der Waals surface area (Å²) in [5.74, 6) is 0.111. The van der Waals surface area contributed by atoms with Crippen LogP contribution in [0.5, 0.6) is 0 Å². The Balaban J connectivity index is 1.41. The Morgan fingerprint density at radius 1 is 1.13 bits per heavy atom. The first-order valence-electron chi connectivity index (χ1n) is 8.61. The number of halogens is 1. The Hall–Kier alpha value is -0.910. The van der Waals surface area contributed by atoms with E-state index in [1.807, 2.05) is 29.2 Å². The van der Waals surface area contributed by atoms with Crippen molar-refractivity contribution >= 4 is 21.8 Å². The quantitative estimate of drug-likeness (QED) is 0.786. The number of benzene rings is 1. The Morgan fingerprint density at radius 3 is 2.61 bits per heavy atom. The van der Waals surface area contributed by atoms with Crippen LogP contribution in [0.2, 0.25) is 0 Å². The molecular formula is C18H25BrN2O2. The third-order valence-corrected chi connectivity index (χ3v) is 5.26. The number of carbonyl (C=O) groups excluding carboxylic acids is 1. The van der Waals surface area contributed by atoms with Crippen molar-refractivity contribution in [1.29, 1.82) is 0 Å². The first-order chi connectivity index (χ1) is 11.2. The van der Waals surface area contributed by atoms with Crippen LogP contribution in [0.3, 0.4) is 0 Å². The number of amides is 1. The van der Waals surface area contributed by atoms with E-state index in [2.05, 4.69) is 20.8 Å². The van der Waals surface area contributed by atoms with Crippen LogP contribution < -0.4 is 0 Å². The van der Waals surface area contributed by atoms with Crippen LogP contribution in [0, 0.1) is 0 Å². The molecule has 1 atom stereocenters. The second kappa shape index (κ2) is 8.27. The summed E-state index contributed by atoms with van der Waals surface area (Å²) in [7, 11) is 0. The standard InChI is InChI=1S/C18H25BrN2O2/c19-16-6-4-15(5-7-16)18(22)21-11-8-17(14-21)23-13-12-20-9-2-1-3-10-20/h4-7,17H,1-3,8-14H2/t17-/m0/s1. The molecule has 0 N–H and O–H groups in total. The van der Waals surface area contributed by atoms with Gasteiger partial charge in [0.05, 0.1) is 12.7 Å². The van der Waals surface area contributed by atoms with Crippen molar-refractivity contribution in [3.63, 3.8) is 0 Å². The maximum absolute atomic E-state index is 12.5. The number of ether oxygens (including phenoxy) is 1. The zero-order valence-electron chi connectivity index (χ0n) is 13.5. The highest BCUT2D eigenvalue weighted by molar-refractivity contribution is 9.10. The van der Waals surface area contributed by atoms with Crippen LogP contribution >= 0.6 is 15.9 Å². The van der Waals surface area contributed by atoms with Crippen molar-refractivity contribution in [2.75, 3.05) is 39.3 Å². The van der Waals surface area contributed by atoms with Gasteiger partial charge in [-0.3, -0.25) is 4.79 Å². The Bertz CT molecular complexity index is 514. The van der Waals surface area contributed by atoms with Crippen LogP contribution in [0.1, 0.15) is 36.0 Å². The summed E-state index contributed by atoms with van der Waals surface area (Å²) in [4.78, 5) is 16.9. The van der Waals surface area contributed by atoms with E-state index in [-0.39, 0.29) is 12.0 Å². The Labute approximate surface area is 146 Å². The van der Waals surface area contributed by atoms with Crippen molar-refractivity contribution in [1.82, 2.24) is 9.80 Å². The van der Waals surface area contributed by atoms with E-state index in [0.29, 0.717) is 0 Å². The SMILES string of the molecule is O=C(c1ccc(Br)cc1)N1CC[C@H](OCCN2CCCCC2)C1. The maximum atomic E-state index is 12.5.